The van der Waals surface area contributed by atoms with Crippen molar-refractivity contribution in [1.29, 1.82) is 0 Å². The van der Waals surface area contributed by atoms with Crippen molar-refractivity contribution in [2.24, 2.45) is 52.3 Å². The van der Waals surface area contributed by atoms with Crippen LogP contribution in [0.5, 0.6) is 5.75 Å². The van der Waals surface area contributed by atoms with Crippen LogP contribution in [0.15, 0.2) is 52.4 Å². The summed E-state index contributed by atoms with van der Waals surface area (Å²) in [7, 11) is -3.73. The molecule has 2 aromatic rings. The lowest BCUT2D eigenvalue weighted by atomic mass is 9.69. The number of amidine groups is 1. The zero-order valence-electron chi connectivity index (χ0n) is 36.1. The summed E-state index contributed by atoms with van der Waals surface area (Å²) in [6.45, 7) is 18.1. The van der Waals surface area contributed by atoms with E-state index < -0.39 is 27.9 Å². The van der Waals surface area contributed by atoms with Gasteiger partial charge in [0.1, 0.15) is 0 Å². The Morgan fingerprint density at radius 2 is 1.41 bits per heavy atom. The normalized spacial score (nSPS) is 28.9. The Morgan fingerprint density at radius 1 is 0.864 bits per heavy atom. The van der Waals surface area contributed by atoms with Crippen LogP contribution >= 0.6 is 0 Å². The van der Waals surface area contributed by atoms with Crippen LogP contribution in [0.1, 0.15) is 111 Å². The van der Waals surface area contributed by atoms with Crippen LogP contribution in [0, 0.1) is 54.3 Å². The molecule has 3 fully saturated rings. The van der Waals surface area contributed by atoms with Crippen molar-refractivity contribution in [2.75, 3.05) is 18.1 Å². The molecule has 5 unspecified atom stereocenters. The SMILES string of the molecule is CC1=C(OC(=O)C2C(C)CC(C)CC2C)C(N2CCCC2=O)=NC1=C(c1ccccc1)c1[nH]c(NC(=O)C(C)NS(C)(=O)=O)c(OC(=O)C2C(C)CC(C)CC2C)c1C. The number of esters is 2. The Morgan fingerprint density at radius 3 is 1.92 bits per heavy atom. The molecule has 1 aromatic heterocycles. The third-order valence-electron chi connectivity index (χ3n) is 12.7. The van der Waals surface area contributed by atoms with Crippen LogP contribution in [0.4, 0.5) is 5.82 Å². The maximum Gasteiger partial charge on any atom is 0.315 e. The summed E-state index contributed by atoms with van der Waals surface area (Å²) in [5.41, 5.74) is 3.18. The number of benzene rings is 1. The molecular weight excluding hydrogens is 771 g/mol. The molecule has 13 nitrogen and oxygen atoms in total. The average molecular weight is 832 g/mol. The van der Waals surface area contributed by atoms with Crippen molar-refractivity contribution in [3.05, 3.63) is 64.2 Å². The molecule has 6 rings (SSSR count). The van der Waals surface area contributed by atoms with Crippen molar-refractivity contribution in [3.63, 3.8) is 0 Å². The zero-order valence-corrected chi connectivity index (χ0v) is 36.9. The van der Waals surface area contributed by atoms with Gasteiger partial charge in [-0.25, -0.2) is 18.1 Å². The van der Waals surface area contributed by atoms with Crippen LogP contribution < -0.4 is 14.8 Å². The van der Waals surface area contributed by atoms with E-state index in [9.17, 15) is 27.6 Å². The highest BCUT2D eigenvalue weighted by atomic mass is 32.2. The summed E-state index contributed by atoms with van der Waals surface area (Å²) < 4.78 is 39.1. The van der Waals surface area contributed by atoms with Gasteiger partial charge in [0.25, 0.3) is 0 Å². The molecule has 14 heteroatoms. The van der Waals surface area contributed by atoms with E-state index in [1.54, 1.807) is 11.8 Å². The van der Waals surface area contributed by atoms with Crippen molar-refractivity contribution in [2.45, 2.75) is 107 Å². The van der Waals surface area contributed by atoms with Gasteiger partial charge < -0.3 is 19.8 Å². The van der Waals surface area contributed by atoms with E-state index in [1.165, 1.54) is 6.92 Å². The monoisotopic (exact) mass is 831 g/mol. The summed E-state index contributed by atoms with van der Waals surface area (Å²) in [5, 5.41) is 2.79. The molecule has 2 aliphatic carbocycles. The Hall–Kier alpha value is -4.56. The predicted molar refractivity (Wildman–Crippen MR) is 227 cm³/mol. The predicted octanol–water partition coefficient (Wildman–Crippen LogP) is 7.35. The smallest absolute Gasteiger partial charge is 0.315 e. The highest BCUT2D eigenvalue weighted by molar-refractivity contribution is 7.88. The number of anilines is 1. The topological polar surface area (TPSA) is 176 Å². The molecule has 320 valence electrons. The minimum absolute atomic E-state index is 0.0652. The fourth-order valence-electron chi connectivity index (χ4n) is 10.3. The van der Waals surface area contributed by atoms with Gasteiger partial charge in [-0.1, -0.05) is 71.9 Å². The lowest BCUT2D eigenvalue weighted by molar-refractivity contribution is -0.149. The lowest BCUT2D eigenvalue weighted by Crippen LogP contribution is -2.41. The second-order valence-corrected chi connectivity index (χ2v) is 19.8. The molecule has 4 aliphatic rings. The fourth-order valence-corrected chi connectivity index (χ4v) is 11.0. The molecule has 2 amide bonds. The Kier molecular flexibility index (Phi) is 13.1. The van der Waals surface area contributed by atoms with E-state index in [0.29, 0.717) is 64.9 Å². The molecule has 5 atom stereocenters. The first kappa shape index (κ1) is 44.0. The Balaban J connectivity index is 1.52. The third-order valence-corrected chi connectivity index (χ3v) is 13.5. The second kappa shape index (κ2) is 17.6. The molecular formula is C45H61N5O8S. The quantitative estimate of drug-likeness (QED) is 0.208. The van der Waals surface area contributed by atoms with E-state index in [4.69, 9.17) is 14.5 Å². The molecule has 3 heterocycles. The van der Waals surface area contributed by atoms with Gasteiger partial charge in [0.2, 0.25) is 21.8 Å². The number of aromatic nitrogens is 1. The number of allylic oxidation sites excluding steroid dienone is 1. The van der Waals surface area contributed by atoms with Gasteiger partial charge in [-0.15, -0.1) is 0 Å². The molecule has 2 aliphatic heterocycles. The van der Waals surface area contributed by atoms with Crippen molar-refractivity contribution >= 4 is 51.0 Å². The van der Waals surface area contributed by atoms with Gasteiger partial charge in [0.05, 0.1) is 35.5 Å². The largest absolute Gasteiger partial charge is 0.422 e. The zero-order chi connectivity index (χ0) is 43.1. The minimum atomic E-state index is -3.73. The maximum absolute atomic E-state index is 14.2. The highest BCUT2D eigenvalue weighted by Crippen LogP contribution is 2.45. The Labute approximate surface area is 348 Å². The van der Waals surface area contributed by atoms with Gasteiger partial charge in [0.15, 0.2) is 23.2 Å². The first-order valence-corrected chi connectivity index (χ1v) is 23.0. The first-order chi connectivity index (χ1) is 27.7. The van der Waals surface area contributed by atoms with Crippen molar-refractivity contribution in [1.82, 2.24) is 14.6 Å². The van der Waals surface area contributed by atoms with Crippen LogP contribution in [-0.4, -0.2) is 66.7 Å². The van der Waals surface area contributed by atoms with Gasteiger partial charge in [-0.05, 0) is 93.9 Å². The number of nitrogens with zero attached hydrogens (tertiary/aromatic N) is 2. The number of amides is 2. The number of sulfonamides is 1. The van der Waals surface area contributed by atoms with Gasteiger partial charge in [-0.3, -0.25) is 24.1 Å². The summed E-state index contributed by atoms with van der Waals surface area (Å²) >= 11 is 0. The summed E-state index contributed by atoms with van der Waals surface area (Å²) in [6.07, 6.45) is 5.52. The van der Waals surface area contributed by atoms with Gasteiger partial charge in [-0.2, -0.15) is 0 Å². The standard InChI is InChI=1S/C45H61N5O8S/c1-23-19-25(3)34(26(4)20-23)44(53)57-39-29(7)37(46-41(39)48-43(52)31(9)49-59(10,55)56)36(32-15-12-11-13-16-32)38-30(8)40(42(47-38)50-18-14-17-33(50)51)58-45(54)35-27(5)21-24(2)22-28(35)6/h11-13,15-16,23-28,31,34-35,46,49H,14,17-22H2,1-10H3,(H,48,52). The number of H-pyrrole nitrogens is 1. The number of hydrogen-bond donors (Lipinski definition) is 3. The number of carbonyl (C=O) groups is 4. The summed E-state index contributed by atoms with van der Waals surface area (Å²) in [5.74, 6) is -0.290. The molecule has 1 aromatic carbocycles. The number of hydrogen-bond acceptors (Lipinski definition) is 9. The number of nitrogens with one attached hydrogen (secondary N) is 3. The van der Waals surface area contributed by atoms with Crippen LogP contribution in [0.25, 0.3) is 5.57 Å². The number of carbonyl (C=O) groups excluding carboxylic acids is 4. The van der Waals surface area contributed by atoms with Crippen molar-refractivity contribution < 1.29 is 37.1 Å². The molecule has 1 saturated heterocycles. The summed E-state index contributed by atoms with van der Waals surface area (Å²) in [6, 6.07) is 8.27. The van der Waals surface area contributed by atoms with Gasteiger partial charge in [0, 0.05) is 29.7 Å². The molecule has 0 bridgehead atoms. The van der Waals surface area contributed by atoms with E-state index in [0.717, 1.165) is 31.9 Å². The number of aliphatic imine (C=N–C) groups is 1. The van der Waals surface area contributed by atoms with E-state index in [2.05, 4.69) is 56.6 Å². The third kappa shape index (κ3) is 9.43. The van der Waals surface area contributed by atoms with E-state index in [-0.39, 0.29) is 70.5 Å². The summed E-state index contributed by atoms with van der Waals surface area (Å²) in [4.78, 5) is 65.2. The molecule has 2 saturated carbocycles. The number of rotatable bonds is 10. The van der Waals surface area contributed by atoms with E-state index >= 15 is 0 Å². The molecule has 59 heavy (non-hydrogen) atoms. The first-order valence-electron chi connectivity index (χ1n) is 21.1. The number of ether oxygens (including phenoxy) is 2. The van der Waals surface area contributed by atoms with Crippen LogP contribution in [0.3, 0.4) is 0 Å². The fraction of sp³-hybridized carbons (Fsp3) is 0.578. The van der Waals surface area contributed by atoms with Gasteiger partial charge >= 0.3 is 11.9 Å². The molecule has 3 N–H and O–H groups in total. The molecule has 0 radical (unpaired) electrons. The maximum atomic E-state index is 14.2. The lowest BCUT2D eigenvalue weighted by Gasteiger charge is -2.36. The number of aromatic amines is 1. The second-order valence-electron chi connectivity index (χ2n) is 18.0. The van der Waals surface area contributed by atoms with Crippen molar-refractivity contribution in [3.8, 4) is 5.75 Å². The number of likely N-dealkylation sites (tertiary alicyclic amines) is 1. The van der Waals surface area contributed by atoms with E-state index in [1.807, 2.05) is 37.3 Å². The molecule has 0 spiro atoms. The Bertz CT molecular complexity index is 2170. The van der Waals surface area contributed by atoms with Crippen LogP contribution in [-0.2, 0) is 33.9 Å². The minimum Gasteiger partial charge on any atom is -0.422 e. The average Bonchev–Trinajstić information content (AvgIpc) is 3.78. The highest BCUT2D eigenvalue weighted by Gasteiger charge is 2.42. The van der Waals surface area contributed by atoms with Crippen LogP contribution in [0.2, 0.25) is 0 Å².